The molecule has 0 saturated heterocycles. The lowest BCUT2D eigenvalue weighted by molar-refractivity contribution is -0.121. The molecule has 0 saturated carbocycles. The van der Waals surface area contributed by atoms with Crippen LogP contribution in [0.25, 0.3) is 11.4 Å². The SMILES string of the molecule is COc1ccc(C(C)NC(=O)CCc2nc(-c3ccncc3)no2)c(OC)c1. The van der Waals surface area contributed by atoms with Crippen molar-refractivity contribution in [3.8, 4) is 22.9 Å². The lowest BCUT2D eigenvalue weighted by Crippen LogP contribution is -2.27. The van der Waals surface area contributed by atoms with E-state index in [1.807, 2.05) is 19.1 Å². The molecule has 1 N–H and O–H groups in total. The maximum atomic E-state index is 12.3. The third-order valence-electron chi connectivity index (χ3n) is 4.26. The van der Waals surface area contributed by atoms with Crippen LogP contribution in [0.2, 0.25) is 0 Å². The average Bonchev–Trinajstić information content (AvgIpc) is 3.21. The Labute approximate surface area is 162 Å². The molecule has 8 heteroatoms. The number of hydrogen-bond donors (Lipinski definition) is 1. The van der Waals surface area contributed by atoms with Crippen molar-refractivity contribution in [1.82, 2.24) is 20.4 Å². The zero-order chi connectivity index (χ0) is 19.9. The number of amides is 1. The largest absolute Gasteiger partial charge is 0.497 e. The van der Waals surface area contributed by atoms with Gasteiger partial charge in [0.15, 0.2) is 0 Å². The van der Waals surface area contributed by atoms with Crippen molar-refractivity contribution < 1.29 is 18.8 Å². The summed E-state index contributed by atoms with van der Waals surface area (Å²) < 4.78 is 15.8. The molecule has 1 unspecified atom stereocenters. The molecule has 2 aromatic heterocycles. The Morgan fingerprint density at radius 1 is 1.18 bits per heavy atom. The van der Waals surface area contributed by atoms with E-state index >= 15 is 0 Å². The Bertz CT molecular complexity index is 927. The highest BCUT2D eigenvalue weighted by Crippen LogP contribution is 2.29. The summed E-state index contributed by atoms with van der Waals surface area (Å²) in [6.45, 7) is 1.90. The highest BCUT2D eigenvalue weighted by Gasteiger charge is 2.16. The Balaban J connectivity index is 1.57. The van der Waals surface area contributed by atoms with Gasteiger partial charge in [0.05, 0.1) is 20.3 Å². The normalized spacial score (nSPS) is 11.7. The van der Waals surface area contributed by atoms with E-state index in [1.54, 1.807) is 44.8 Å². The monoisotopic (exact) mass is 382 g/mol. The Hall–Kier alpha value is -3.42. The van der Waals surface area contributed by atoms with Gasteiger partial charge in [-0.15, -0.1) is 0 Å². The molecule has 0 aliphatic rings. The molecule has 2 heterocycles. The molecular weight excluding hydrogens is 360 g/mol. The molecule has 1 atom stereocenters. The summed E-state index contributed by atoms with van der Waals surface area (Å²) in [6.07, 6.45) is 3.92. The first kappa shape index (κ1) is 19.3. The Kier molecular flexibility index (Phi) is 6.21. The number of hydrogen-bond acceptors (Lipinski definition) is 7. The van der Waals surface area contributed by atoms with Crippen LogP contribution in [0.1, 0.15) is 30.8 Å². The van der Waals surface area contributed by atoms with E-state index in [9.17, 15) is 4.79 Å². The topological polar surface area (TPSA) is 99.4 Å². The van der Waals surface area contributed by atoms with E-state index in [2.05, 4.69) is 20.4 Å². The number of methoxy groups -OCH3 is 2. The third kappa shape index (κ3) is 4.64. The maximum Gasteiger partial charge on any atom is 0.227 e. The third-order valence-corrected chi connectivity index (χ3v) is 4.26. The lowest BCUT2D eigenvalue weighted by Gasteiger charge is -2.18. The molecule has 3 aromatic rings. The molecule has 0 radical (unpaired) electrons. The van der Waals surface area contributed by atoms with Crippen molar-refractivity contribution in [3.05, 3.63) is 54.2 Å². The predicted octanol–water partition coefficient (Wildman–Crippen LogP) is 2.96. The molecule has 0 aliphatic heterocycles. The van der Waals surface area contributed by atoms with Gasteiger partial charge in [-0.3, -0.25) is 9.78 Å². The van der Waals surface area contributed by atoms with Crippen LogP contribution < -0.4 is 14.8 Å². The second-order valence-corrected chi connectivity index (χ2v) is 6.14. The zero-order valence-electron chi connectivity index (χ0n) is 16.0. The number of carbonyl (C=O) groups is 1. The van der Waals surface area contributed by atoms with Gasteiger partial charge < -0.3 is 19.3 Å². The summed E-state index contributed by atoms with van der Waals surface area (Å²) in [4.78, 5) is 20.6. The van der Waals surface area contributed by atoms with E-state index in [0.29, 0.717) is 29.6 Å². The van der Waals surface area contributed by atoms with E-state index < -0.39 is 0 Å². The minimum absolute atomic E-state index is 0.117. The van der Waals surface area contributed by atoms with Gasteiger partial charge in [-0.2, -0.15) is 4.98 Å². The van der Waals surface area contributed by atoms with E-state index in [-0.39, 0.29) is 18.4 Å². The van der Waals surface area contributed by atoms with Crippen LogP contribution in [0.15, 0.2) is 47.2 Å². The smallest absolute Gasteiger partial charge is 0.227 e. The maximum absolute atomic E-state index is 12.3. The van der Waals surface area contributed by atoms with Crippen LogP contribution in [-0.4, -0.2) is 35.3 Å². The fourth-order valence-electron chi connectivity index (χ4n) is 2.76. The van der Waals surface area contributed by atoms with Crippen LogP contribution in [0.4, 0.5) is 0 Å². The zero-order valence-corrected chi connectivity index (χ0v) is 16.0. The number of carbonyl (C=O) groups excluding carboxylic acids is 1. The molecule has 0 fully saturated rings. The number of aromatic nitrogens is 3. The highest BCUT2D eigenvalue weighted by atomic mass is 16.5. The minimum Gasteiger partial charge on any atom is -0.497 e. The molecule has 0 bridgehead atoms. The standard InChI is InChI=1S/C20H22N4O4/c1-13(16-5-4-15(26-2)12-17(16)27-3)22-18(25)6-7-19-23-20(24-28-19)14-8-10-21-11-9-14/h4-5,8-13H,6-7H2,1-3H3,(H,22,25). The minimum atomic E-state index is -0.219. The lowest BCUT2D eigenvalue weighted by atomic mass is 10.1. The number of pyridine rings is 1. The molecule has 8 nitrogen and oxygen atoms in total. The van der Waals surface area contributed by atoms with Gasteiger partial charge in [0.2, 0.25) is 17.6 Å². The van der Waals surface area contributed by atoms with Gasteiger partial charge in [-0.05, 0) is 31.2 Å². The van der Waals surface area contributed by atoms with Crippen LogP contribution in [0.5, 0.6) is 11.5 Å². The quantitative estimate of drug-likeness (QED) is 0.639. The summed E-state index contributed by atoms with van der Waals surface area (Å²) in [6, 6.07) is 8.87. The van der Waals surface area contributed by atoms with Crippen molar-refractivity contribution in [2.75, 3.05) is 14.2 Å². The van der Waals surface area contributed by atoms with Gasteiger partial charge in [0.1, 0.15) is 11.5 Å². The van der Waals surface area contributed by atoms with Crippen LogP contribution >= 0.6 is 0 Å². The van der Waals surface area contributed by atoms with Gasteiger partial charge in [0.25, 0.3) is 0 Å². The number of ether oxygens (including phenoxy) is 2. The summed E-state index contributed by atoms with van der Waals surface area (Å²) in [7, 11) is 3.18. The van der Waals surface area contributed by atoms with E-state index in [1.165, 1.54) is 0 Å². The molecule has 1 amide bonds. The molecule has 3 rings (SSSR count). The molecule has 0 aliphatic carbocycles. The number of aryl methyl sites for hydroxylation is 1. The molecule has 28 heavy (non-hydrogen) atoms. The summed E-state index contributed by atoms with van der Waals surface area (Å²) in [5.41, 5.74) is 1.68. The number of nitrogens with zero attached hydrogens (tertiary/aromatic N) is 3. The number of rotatable bonds is 8. The summed E-state index contributed by atoms with van der Waals surface area (Å²) >= 11 is 0. The van der Waals surface area contributed by atoms with Gasteiger partial charge >= 0.3 is 0 Å². The van der Waals surface area contributed by atoms with Gasteiger partial charge in [-0.1, -0.05) is 5.16 Å². The second-order valence-electron chi connectivity index (χ2n) is 6.14. The van der Waals surface area contributed by atoms with Gasteiger partial charge in [-0.25, -0.2) is 0 Å². The number of nitrogens with one attached hydrogen (secondary N) is 1. The summed E-state index contributed by atoms with van der Waals surface area (Å²) in [5, 5.41) is 6.90. The first-order chi connectivity index (χ1) is 13.6. The fourth-order valence-corrected chi connectivity index (χ4v) is 2.76. The average molecular weight is 382 g/mol. The molecule has 0 spiro atoms. The first-order valence-electron chi connectivity index (χ1n) is 8.85. The van der Waals surface area contributed by atoms with E-state index in [4.69, 9.17) is 14.0 Å². The molecular formula is C20H22N4O4. The van der Waals surface area contributed by atoms with Crippen molar-refractivity contribution in [2.24, 2.45) is 0 Å². The molecule has 1 aromatic carbocycles. The van der Waals surface area contributed by atoms with Crippen molar-refractivity contribution in [2.45, 2.75) is 25.8 Å². The van der Waals surface area contributed by atoms with Crippen LogP contribution in [-0.2, 0) is 11.2 Å². The van der Waals surface area contributed by atoms with E-state index in [0.717, 1.165) is 11.1 Å². The highest BCUT2D eigenvalue weighted by molar-refractivity contribution is 5.76. The summed E-state index contributed by atoms with van der Waals surface area (Å²) in [5.74, 6) is 2.13. The van der Waals surface area contributed by atoms with Crippen molar-refractivity contribution in [3.63, 3.8) is 0 Å². The number of benzene rings is 1. The van der Waals surface area contributed by atoms with Crippen LogP contribution in [0.3, 0.4) is 0 Å². The predicted molar refractivity (Wildman–Crippen MR) is 102 cm³/mol. The second kappa shape index (κ2) is 8.98. The first-order valence-corrected chi connectivity index (χ1v) is 8.85. The molecule has 146 valence electrons. The van der Waals surface area contributed by atoms with Crippen molar-refractivity contribution in [1.29, 1.82) is 0 Å². The fraction of sp³-hybridized carbons (Fsp3) is 0.300. The van der Waals surface area contributed by atoms with Crippen molar-refractivity contribution >= 4 is 5.91 Å². The Morgan fingerprint density at radius 2 is 1.96 bits per heavy atom. The van der Waals surface area contributed by atoms with Crippen LogP contribution in [0, 0.1) is 0 Å². The Morgan fingerprint density at radius 3 is 2.68 bits per heavy atom. The van der Waals surface area contributed by atoms with Gasteiger partial charge in [0, 0.05) is 42.4 Å².